The number of nitrogens with one attached hydrogen (secondary N) is 1. The van der Waals surface area contributed by atoms with Crippen molar-refractivity contribution in [2.24, 2.45) is 0 Å². The molecule has 0 saturated heterocycles. The summed E-state index contributed by atoms with van der Waals surface area (Å²) in [6, 6.07) is 9.58. The molecule has 2 aromatic carbocycles. The molecule has 4 nitrogen and oxygen atoms in total. The third-order valence-electron chi connectivity index (χ3n) is 3.81. The Morgan fingerprint density at radius 1 is 1.12 bits per heavy atom. The van der Waals surface area contributed by atoms with Gasteiger partial charge in [0.05, 0.1) is 25.7 Å². The lowest BCUT2D eigenvalue weighted by Crippen LogP contribution is -2.28. The number of benzene rings is 2. The lowest BCUT2D eigenvalue weighted by Gasteiger charge is -2.17. The Morgan fingerprint density at radius 2 is 1.81 bits per heavy atom. The minimum atomic E-state index is -0.486. The molecule has 0 radical (unpaired) electrons. The second-order valence-electron chi connectivity index (χ2n) is 5.77. The Bertz CT molecular complexity index is 767. The Kier molecular flexibility index (Phi) is 7.27. The predicted molar refractivity (Wildman–Crippen MR) is 100 cm³/mol. The Balaban J connectivity index is 2.07. The summed E-state index contributed by atoms with van der Waals surface area (Å²) in [5.41, 5.74) is 1.18. The van der Waals surface area contributed by atoms with Crippen molar-refractivity contribution in [2.75, 3.05) is 13.2 Å². The highest BCUT2D eigenvalue weighted by atomic mass is 35.5. The molecule has 1 N–H and O–H groups in total. The van der Waals surface area contributed by atoms with E-state index in [1.165, 1.54) is 12.1 Å². The van der Waals surface area contributed by atoms with Gasteiger partial charge in [-0.05, 0) is 56.2 Å². The van der Waals surface area contributed by atoms with E-state index in [1.807, 2.05) is 39.0 Å². The summed E-state index contributed by atoms with van der Waals surface area (Å²) in [6.45, 7) is 6.72. The maximum absolute atomic E-state index is 13.8. The molecule has 6 heteroatoms. The lowest BCUT2D eigenvalue weighted by molar-refractivity contribution is -0.121. The van der Waals surface area contributed by atoms with Crippen molar-refractivity contribution < 1.29 is 18.7 Å². The first-order valence-electron chi connectivity index (χ1n) is 8.57. The van der Waals surface area contributed by atoms with E-state index in [4.69, 9.17) is 21.1 Å². The molecule has 0 aliphatic carbocycles. The van der Waals surface area contributed by atoms with Crippen LogP contribution in [0.4, 0.5) is 4.39 Å². The van der Waals surface area contributed by atoms with Gasteiger partial charge in [0.25, 0.3) is 0 Å². The molecule has 2 rings (SSSR count). The van der Waals surface area contributed by atoms with E-state index in [9.17, 15) is 9.18 Å². The van der Waals surface area contributed by atoms with Crippen molar-refractivity contribution in [2.45, 2.75) is 33.2 Å². The van der Waals surface area contributed by atoms with Gasteiger partial charge in [-0.15, -0.1) is 0 Å². The van der Waals surface area contributed by atoms with Crippen molar-refractivity contribution in [3.8, 4) is 11.5 Å². The smallest absolute Gasteiger partial charge is 0.225 e. The molecule has 1 amide bonds. The molecule has 0 aliphatic heterocycles. The second-order valence-corrected chi connectivity index (χ2v) is 6.21. The van der Waals surface area contributed by atoms with E-state index in [2.05, 4.69) is 5.32 Å². The normalized spacial score (nSPS) is 11.7. The highest BCUT2D eigenvalue weighted by Gasteiger charge is 2.15. The average molecular weight is 380 g/mol. The second kappa shape index (κ2) is 9.43. The average Bonchev–Trinajstić information content (AvgIpc) is 2.59. The van der Waals surface area contributed by atoms with Crippen LogP contribution in [0.1, 0.15) is 37.9 Å². The first-order chi connectivity index (χ1) is 12.4. The summed E-state index contributed by atoms with van der Waals surface area (Å²) in [5.74, 6) is 0.544. The van der Waals surface area contributed by atoms with Crippen LogP contribution < -0.4 is 14.8 Å². The number of carbonyl (C=O) groups is 1. The van der Waals surface area contributed by atoms with Crippen LogP contribution >= 0.6 is 11.6 Å². The van der Waals surface area contributed by atoms with Crippen molar-refractivity contribution in [3.05, 3.63) is 58.4 Å². The Morgan fingerprint density at radius 3 is 2.46 bits per heavy atom. The molecule has 2 aromatic rings. The van der Waals surface area contributed by atoms with Crippen LogP contribution in [0.25, 0.3) is 0 Å². The minimum absolute atomic E-state index is 0.0529. The number of hydrogen-bond acceptors (Lipinski definition) is 3. The molecule has 0 saturated carbocycles. The summed E-state index contributed by atoms with van der Waals surface area (Å²) < 4.78 is 25.0. The summed E-state index contributed by atoms with van der Waals surface area (Å²) in [4.78, 5) is 12.2. The van der Waals surface area contributed by atoms with E-state index in [-0.39, 0.29) is 18.4 Å². The Hall–Kier alpha value is -2.27. The van der Waals surface area contributed by atoms with Crippen LogP contribution in [-0.2, 0) is 11.2 Å². The highest BCUT2D eigenvalue weighted by molar-refractivity contribution is 6.30. The van der Waals surface area contributed by atoms with Gasteiger partial charge in [-0.2, -0.15) is 0 Å². The number of carbonyl (C=O) groups excluding carboxylic acids is 1. The number of halogens is 2. The third kappa shape index (κ3) is 5.36. The zero-order valence-corrected chi connectivity index (χ0v) is 15.9. The van der Waals surface area contributed by atoms with Crippen LogP contribution in [0.3, 0.4) is 0 Å². The largest absolute Gasteiger partial charge is 0.490 e. The van der Waals surface area contributed by atoms with E-state index in [0.717, 1.165) is 5.56 Å². The number of rotatable bonds is 8. The van der Waals surface area contributed by atoms with Crippen LogP contribution in [0.15, 0.2) is 36.4 Å². The third-order valence-corrected chi connectivity index (χ3v) is 4.05. The number of amides is 1. The van der Waals surface area contributed by atoms with E-state index < -0.39 is 5.82 Å². The molecule has 0 heterocycles. The topological polar surface area (TPSA) is 47.6 Å². The van der Waals surface area contributed by atoms with Gasteiger partial charge < -0.3 is 14.8 Å². The van der Waals surface area contributed by atoms with Crippen LogP contribution in [-0.4, -0.2) is 19.1 Å². The molecule has 0 aliphatic rings. The lowest BCUT2D eigenvalue weighted by atomic mass is 10.1. The van der Waals surface area contributed by atoms with E-state index in [1.54, 1.807) is 6.07 Å². The van der Waals surface area contributed by atoms with Gasteiger partial charge in [0.1, 0.15) is 5.82 Å². The summed E-state index contributed by atoms with van der Waals surface area (Å²) in [6.07, 6.45) is -0.0529. The molecule has 0 aromatic heterocycles. The quantitative estimate of drug-likeness (QED) is 0.723. The molecule has 140 valence electrons. The fraction of sp³-hybridized carbons (Fsp3) is 0.350. The molecule has 0 unspecified atom stereocenters. The highest BCUT2D eigenvalue weighted by Crippen LogP contribution is 2.30. The zero-order chi connectivity index (χ0) is 19.1. The SMILES string of the molecule is CCOc1ccc([C@@H](C)NC(=O)Cc2ccc(Cl)cc2F)cc1OCC. The first kappa shape index (κ1) is 20.0. The van der Waals surface area contributed by atoms with Crippen molar-refractivity contribution >= 4 is 17.5 Å². The van der Waals surface area contributed by atoms with Gasteiger partial charge in [0, 0.05) is 5.02 Å². The van der Waals surface area contributed by atoms with Gasteiger partial charge in [0.2, 0.25) is 5.91 Å². The van der Waals surface area contributed by atoms with Crippen LogP contribution in [0, 0.1) is 5.82 Å². The van der Waals surface area contributed by atoms with Crippen LogP contribution in [0.5, 0.6) is 11.5 Å². The molecule has 0 bridgehead atoms. The fourth-order valence-corrected chi connectivity index (χ4v) is 2.71. The fourth-order valence-electron chi connectivity index (χ4n) is 2.55. The van der Waals surface area contributed by atoms with Gasteiger partial charge >= 0.3 is 0 Å². The van der Waals surface area contributed by atoms with Gasteiger partial charge in [-0.3, -0.25) is 4.79 Å². The standard InChI is InChI=1S/C20H23ClFNO3/c1-4-25-18-9-7-14(10-19(18)26-5-2)13(3)23-20(24)11-15-6-8-16(21)12-17(15)22/h6-10,12-13H,4-5,11H2,1-3H3,(H,23,24)/t13-/m1/s1. The zero-order valence-electron chi connectivity index (χ0n) is 15.1. The monoisotopic (exact) mass is 379 g/mol. The molecule has 1 atom stereocenters. The molecule has 0 spiro atoms. The van der Waals surface area contributed by atoms with Crippen LogP contribution in [0.2, 0.25) is 5.02 Å². The summed E-state index contributed by atoms with van der Waals surface area (Å²) >= 11 is 5.73. The van der Waals surface area contributed by atoms with Gasteiger partial charge in [-0.1, -0.05) is 23.7 Å². The molecular formula is C20H23ClFNO3. The molecule has 0 fully saturated rings. The van der Waals surface area contributed by atoms with E-state index >= 15 is 0 Å². The van der Waals surface area contributed by atoms with Crippen molar-refractivity contribution in [1.29, 1.82) is 0 Å². The number of hydrogen-bond donors (Lipinski definition) is 1. The van der Waals surface area contributed by atoms with Crippen molar-refractivity contribution in [3.63, 3.8) is 0 Å². The summed E-state index contributed by atoms with van der Waals surface area (Å²) in [5, 5.41) is 3.18. The maximum Gasteiger partial charge on any atom is 0.225 e. The number of ether oxygens (including phenoxy) is 2. The van der Waals surface area contributed by atoms with Gasteiger partial charge in [-0.25, -0.2) is 4.39 Å². The minimum Gasteiger partial charge on any atom is -0.490 e. The predicted octanol–water partition coefficient (Wildman–Crippen LogP) is 4.70. The molecule has 26 heavy (non-hydrogen) atoms. The maximum atomic E-state index is 13.8. The Labute approximate surface area is 158 Å². The van der Waals surface area contributed by atoms with Gasteiger partial charge in [0.15, 0.2) is 11.5 Å². The molecular weight excluding hydrogens is 357 g/mol. The summed E-state index contributed by atoms with van der Waals surface area (Å²) in [7, 11) is 0. The first-order valence-corrected chi connectivity index (χ1v) is 8.95. The van der Waals surface area contributed by atoms with Crippen molar-refractivity contribution in [1.82, 2.24) is 5.32 Å². The van der Waals surface area contributed by atoms with E-state index in [0.29, 0.717) is 35.3 Å².